The van der Waals surface area contributed by atoms with Gasteiger partial charge in [0.15, 0.2) is 0 Å². The first-order valence-corrected chi connectivity index (χ1v) is 16.2. The Hall–Kier alpha value is -3.58. The summed E-state index contributed by atoms with van der Waals surface area (Å²) in [5, 5.41) is 8.88. The summed E-state index contributed by atoms with van der Waals surface area (Å²) >= 11 is 6.27. The molecule has 4 rings (SSSR count). The van der Waals surface area contributed by atoms with Gasteiger partial charge in [0.1, 0.15) is 17.7 Å². The fourth-order valence-corrected chi connectivity index (χ4v) is 7.39. The van der Waals surface area contributed by atoms with Crippen molar-refractivity contribution in [3.63, 3.8) is 0 Å². The third kappa shape index (κ3) is 8.12. The van der Waals surface area contributed by atoms with Crippen molar-refractivity contribution in [1.29, 1.82) is 0 Å². The van der Waals surface area contributed by atoms with Gasteiger partial charge in [-0.05, 0) is 67.3 Å². The maximum absolute atomic E-state index is 15.3. The molecule has 13 heteroatoms. The number of alkyl carbamates (subject to hydrolysis) is 1. The molecule has 236 valence electrons. The van der Waals surface area contributed by atoms with Crippen molar-refractivity contribution in [3.8, 4) is 0 Å². The number of hydrogen-bond acceptors (Lipinski definition) is 6. The van der Waals surface area contributed by atoms with Crippen LogP contribution in [0.1, 0.15) is 36.0 Å². The maximum Gasteiger partial charge on any atom is 0.407 e. The maximum atomic E-state index is 15.3. The minimum Gasteiger partial charge on any atom is -0.453 e. The molecular formula is C31H35ClF2N4O5S. The number of ether oxygens (including phenoxy) is 1. The molecule has 0 saturated carbocycles. The van der Waals surface area contributed by atoms with Gasteiger partial charge in [-0.15, -0.1) is 0 Å². The predicted molar refractivity (Wildman–Crippen MR) is 165 cm³/mol. The van der Waals surface area contributed by atoms with Gasteiger partial charge >= 0.3 is 6.09 Å². The van der Waals surface area contributed by atoms with Crippen molar-refractivity contribution in [2.75, 3.05) is 31.8 Å². The van der Waals surface area contributed by atoms with Crippen LogP contribution in [0, 0.1) is 11.6 Å². The Morgan fingerprint density at radius 2 is 1.75 bits per heavy atom. The molecule has 1 heterocycles. The quantitative estimate of drug-likeness (QED) is 0.294. The van der Waals surface area contributed by atoms with Crippen molar-refractivity contribution in [3.05, 3.63) is 100 Å². The summed E-state index contributed by atoms with van der Waals surface area (Å²) in [6.45, 7) is 2.70. The Labute approximate surface area is 261 Å². The average molecular weight is 649 g/mol. The summed E-state index contributed by atoms with van der Waals surface area (Å²) in [6.07, 6.45) is 0.643. The third-order valence-corrected chi connectivity index (χ3v) is 9.25. The second-order valence-electron chi connectivity index (χ2n) is 10.7. The van der Waals surface area contributed by atoms with E-state index in [0.29, 0.717) is 29.2 Å². The van der Waals surface area contributed by atoms with E-state index >= 15 is 4.39 Å². The Balaban J connectivity index is 1.68. The second-order valence-corrected chi connectivity index (χ2v) is 13.1. The number of anilines is 1. The molecule has 0 spiro atoms. The molecule has 1 aliphatic heterocycles. The van der Waals surface area contributed by atoms with Crippen molar-refractivity contribution < 1.29 is 31.5 Å². The van der Waals surface area contributed by atoms with Gasteiger partial charge in [0, 0.05) is 47.4 Å². The lowest BCUT2D eigenvalue weighted by atomic mass is 9.84. The van der Waals surface area contributed by atoms with E-state index in [1.54, 1.807) is 37.3 Å². The zero-order chi connectivity index (χ0) is 32.0. The smallest absolute Gasteiger partial charge is 0.407 e. The number of nitrogens with one attached hydrogen (secondary N) is 3. The number of hydrogen-bond donors (Lipinski definition) is 3. The minimum atomic E-state index is -3.52. The standard InChI is InChI=1S/C31H35ClF2N4O5S/c1-19-17-35-18-24(38(19)44(3,41)42)13-14-25-26(34)11-6-12-27(25)36-30(39)29(37-31(40)43-2)28(20-7-4-9-22(32)15-20)21-8-5-10-23(33)16-21/h4-12,15-16,19,24,28-29,35H,13-14,17-18H2,1-3H3,(H,36,39)(H,37,40)/t19-,24-,28?,29?/m0/s1. The highest BCUT2D eigenvalue weighted by atomic mass is 35.5. The summed E-state index contributed by atoms with van der Waals surface area (Å²) in [4.78, 5) is 26.5. The molecule has 44 heavy (non-hydrogen) atoms. The van der Waals surface area contributed by atoms with E-state index in [9.17, 15) is 22.4 Å². The zero-order valence-electron chi connectivity index (χ0n) is 24.5. The molecule has 1 fully saturated rings. The normalized spacial score (nSPS) is 18.7. The molecule has 0 aliphatic carbocycles. The summed E-state index contributed by atoms with van der Waals surface area (Å²) < 4.78 is 60.9. The van der Waals surface area contributed by atoms with E-state index in [1.165, 1.54) is 40.7 Å². The Morgan fingerprint density at radius 3 is 2.41 bits per heavy atom. The molecule has 1 aliphatic rings. The number of carbonyl (C=O) groups is 2. The van der Waals surface area contributed by atoms with Crippen LogP contribution in [-0.4, -0.2) is 69.3 Å². The lowest BCUT2D eigenvalue weighted by Crippen LogP contribution is -2.58. The molecule has 0 bridgehead atoms. The molecular weight excluding hydrogens is 614 g/mol. The molecule has 9 nitrogen and oxygen atoms in total. The van der Waals surface area contributed by atoms with Gasteiger partial charge in [-0.1, -0.05) is 41.9 Å². The predicted octanol–water partition coefficient (Wildman–Crippen LogP) is 4.67. The number of piperazine rings is 1. The summed E-state index contributed by atoms with van der Waals surface area (Å²) in [6, 6.07) is 14.4. The van der Waals surface area contributed by atoms with Crippen LogP contribution in [0.25, 0.3) is 0 Å². The Bertz CT molecular complexity index is 1560. The van der Waals surface area contributed by atoms with E-state index in [1.807, 2.05) is 0 Å². The van der Waals surface area contributed by atoms with Crippen molar-refractivity contribution in [2.45, 2.75) is 43.8 Å². The highest BCUT2D eigenvalue weighted by Crippen LogP contribution is 2.32. The van der Waals surface area contributed by atoms with Gasteiger partial charge in [-0.25, -0.2) is 22.0 Å². The van der Waals surface area contributed by atoms with Crippen LogP contribution in [0.3, 0.4) is 0 Å². The first-order valence-electron chi connectivity index (χ1n) is 14.0. The lowest BCUT2D eigenvalue weighted by molar-refractivity contribution is -0.118. The molecule has 3 aromatic rings. The van der Waals surface area contributed by atoms with Crippen LogP contribution in [0.15, 0.2) is 66.7 Å². The minimum absolute atomic E-state index is 0.115. The van der Waals surface area contributed by atoms with Crippen LogP contribution in [0.5, 0.6) is 0 Å². The number of sulfonamides is 1. The van der Waals surface area contributed by atoms with Crippen LogP contribution >= 0.6 is 11.6 Å². The second kappa shape index (κ2) is 14.5. The molecule has 1 saturated heterocycles. The Kier molecular flexibility index (Phi) is 11.0. The number of amides is 2. The van der Waals surface area contributed by atoms with Gasteiger partial charge in [-0.3, -0.25) is 4.79 Å². The highest BCUT2D eigenvalue weighted by Gasteiger charge is 2.36. The first-order chi connectivity index (χ1) is 20.9. The lowest BCUT2D eigenvalue weighted by Gasteiger charge is -2.39. The molecule has 3 aromatic carbocycles. The number of halogens is 3. The van der Waals surface area contributed by atoms with Gasteiger partial charge in [0.25, 0.3) is 0 Å². The van der Waals surface area contributed by atoms with Crippen LogP contribution in [-0.2, 0) is 26.0 Å². The van der Waals surface area contributed by atoms with Crippen LogP contribution in [0.2, 0.25) is 5.02 Å². The third-order valence-electron chi connectivity index (χ3n) is 7.59. The number of carbonyl (C=O) groups excluding carboxylic acids is 2. The highest BCUT2D eigenvalue weighted by molar-refractivity contribution is 7.88. The SMILES string of the molecule is COC(=O)NC(C(=O)Nc1cccc(F)c1CC[C@H]1CNC[C@H](C)N1S(C)(=O)=O)C(c1cccc(F)c1)c1cccc(Cl)c1. The van der Waals surface area contributed by atoms with Gasteiger partial charge in [0.2, 0.25) is 15.9 Å². The summed E-state index contributed by atoms with van der Waals surface area (Å²) in [5.74, 6) is -2.77. The largest absolute Gasteiger partial charge is 0.453 e. The van der Waals surface area contributed by atoms with Gasteiger partial charge in [-0.2, -0.15) is 4.31 Å². The topological polar surface area (TPSA) is 117 Å². The van der Waals surface area contributed by atoms with Crippen molar-refractivity contribution in [2.24, 2.45) is 0 Å². The summed E-state index contributed by atoms with van der Waals surface area (Å²) in [7, 11) is -2.37. The fraction of sp³-hybridized carbons (Fsp3) is 0.355. The molecule has 3 N–H and O–H groups in total. The number of nitrogens with zero attached hydrogens (tertiary/aromatic N) is 1. The summed E-state index contributed by atoms with van der Waals surface area (Å²) in [5.41, 5.74) is 1.22. The Morgan fingerprint density at radius 1 is 1.07 bits per heavy atom. The van der Waals surface area contributed by atoms with E-state index in [-0.39, 0.29) is 30.1 Å². The average Bonchev–Trinajstić information content (AvgIpc) is 2.96. The molecule has 0 aromatic heterocycles. The first kappa shape index (κ1) is 33.3. The number of methoxy groups -OCH3 is 1. The van der Waals surface area contributed by atoms with Crippen molar-refractivity contribution >= 4 is 39.3 Å². The van der Waals surface area contributed by atoms with E-state index in [4.69, 9.17) is 16.3 Å². The van der Waals surface area contributed by atoms with Crippen LogP contribution < -0.4 is 16.0 Å². The molecule has 2 unspecified atom stereocenters. The van der Waals surface area contributed by atoms with Crippen LogP contribution in [0.4, 0.5) is 19.3 Å². The number of benzene rings is 3. The van der Waals surface area contributed by atoms with E-state index in [0.717, 1.165) is 13.4 Å². The van der Waals surface area contributed by atoms with E-state index in [2.05, 4.69) is 16.0 Å². The molecule has 0 radical (unpaired) electrons. The molecule has 2 amide bonds. The van der Waals surface area contributed by atoms with Gasteiger partial charge < -0.3 is 20.7 Å². The van der Waals surface area contributed by atoms with Crippen molar-refractivity contribution in [1.82, 2.24) is 14.9 Å². The van der Waals surface area contributed by atoms with Gasteiger partial charge in [0.05, 0.1) is 13.4 Å². The molecule has 4 atom stereocenters. The number of rotatable bonds is 10. The zero-order valence-corrected chi connectivity index (χ0v) is 26.1. The monoisotopic (exact) mass is 648 g/mol. The van der Waals surface area contributed by atoms with E-state index < -0.39 is 51.7 Å². The fourth-order valence-electron chi connectivity index (χ4n) is 5.74.